The summed E-state index contributed by atoms with van der Waals surface area (Å²) in [5.74, 6) is 0. The van der Waals surface area contributed by atoms with Crippen molar-refractivity contribution < 1.29 is 4.52 Å². The monoisotopic (exact) mass is 163 g/mol. The Morgan fingerprint density at radius 1 is 1.58 bits per heavy atom. The van der Waals surface area contributed by atoms with E-state index in [2.05, 4.69) is 15.5 Å². The van der Waals surface area contributed by atoms with Gasteiger partial charge in [0.05, 0.1) is 6.20 Å². The lowest BCUT2D eigenvalue weighted by Crippen LogP contribution is -2.05. The average molecular weight is 163 g/mol. The van der Waals surface area contributed by atoms with Crippen molar-refractivity contribution in [2.75, 3.05) is 7.05 Å². The van der Waals surface area contributed by atoms with Crippen LogP contribution in [-0.4, -0.2) is 17.2 Å². The highest BCUT2D eigenvalue weighted by Crippen LogP contribution is 2.15. The van der Waals surface area contributed by atoms with Gasteiger partial charge in [0.15, 0.2) is 5.58 Å². The van der Waals surface area contributed by atoms with Gasteiger partial charge in [-0.1, -0.05) is 5.16 Å². The molecule has 4 nitrogen and oxygen atoms in total. The van der Waals surface area contributed by atoms with E-state index in [1.54, 1.807) is 12.4 Å². The van der Waals surface area contributed by atoms with E-state index < -0.39 is 0 Å². The molecule has 2 aromatic heterocycles. The Labute approximate surface area is 69.6 Å². The molecule has 0 atom stereocenters. The predicted octanol–water partition coefficient (Wildman–Crippen LogP) is 0.942. The molecule has 0 aromatic carbocycles. The summed E-state index contributed by atoms with van der Waals surface area (Å²) in [4.78, 5) is 3.93. The molecule has 0 fully saturated rings. The Hall–Kier alpha value is -1.42. The number of pyridine rings is 1. The molecule has 0 aliphatic carbocycles. The molecule has 0 saturated carbocycles. The third-order valence-corrected chi connectivity index (χ3v) is 1.69. The smallest absolute Gasteiger partial charge is 0.185 e. The van der Waals surface area contributed by atoms with Gasteiger partial charge in [-0.25, -0.2) is 0 Å². The molecule has 12 heavy (non-hydrogen) atoms. The van der Waals surface area contributed by atoms with Crippen LogP contribution in [0.4, 0.5) is 0 Å². The molecule has 2 aromatic rings. The normalized spacial score (nSPS) is 10.8. The molecule has 0 unspecified atom stereocenters. The summed E-state index contributed by atoms with van der Waals surface area (Å²) in [6.45, 7) is 0.719. The Balaban J connectivity index is 2.55. The molecule has 0 amide bonds. The van der Waals surface area contributed by atoms with Crippen molar-refractivity contribution in [3.63, 3.8) is 0 Å². The van der Waals surface area contributed by atoms with Crippen molar-refractivity contribution >= 4 is 11.0 Å². The molecule has 4 heteroatoms. The zero-order valence-corrected chi connectivity index (χ0v) is 6.74. The number of fused-ring (bicyclic) bond motifs is 1. The van der Waals surface area contributed by atoms with Crippen LogP contribution in [0.15, 0.2) is 23.0 Å². The second-order valence-corrected chi connectivity index (χ2v) is 2.53. The average Bonchev–Trinajstić information content (AvgIpc) is 2.50. The summed E-state index contributed by atoms with van der Waals surface area (Å²) in [5, 5.41) is 7.95. The summed E-state index contributed by atoms with van der Waals surface area (Å²) in [7, 11) is 1.88. The fourth-order valence-corrected chi connectivity index (χ4v) is 1.14. The largest absolute Gasteiger partial charge is 0.354 e. The first kappa shape index (κ1) is 7.24. The molecule has 0 bridgehead atoms. The van der Waals surface area contributed by atoms with Gasteiger partial charge >= 0.3 is 0 Å². The summed E-state index contributed by atoms with van der Waals surface area (Å²) in [5.41, 5.74) is 1.66. The van der Waals surface area contributed by atoms with Crippen molar-refractivity contribution in [2.45, 2.75) is 6.54 Å². The molecule has 0 spiro atoms. The van der Waals surface area contributed by atoms with Gasteiger partial charge in [-0.05, 0) is 13.1 Å². The highest BCUT2D eigenvalue weighted by Gasteiger charge is 2.05. The summed E-state index contributed by atoms with van der Waals surface area (Å²) < 4.78 is 5.05. The maximum Gasteiger partial charge on any atom is 0.185 e. The SMILES string of the molecule is CNCc1noc2cnccc12. The molecule has 0 radical (unpaired) electrons. The summed E-state index contributed by atoms with van der Waals surface area (Å²) >= 11 is 0. The van der Waals surface area contributed by atoms with E-state index in [4.69, 9.17) is 4.52 Å². The van der Waals surface area contributed by atoms with E-state index >= 15 is 0 Å². The van der Waals surface area contributed by atoms with Crippen LogP contribution < -0.4 is 5.32 Å². The number of nitrogens with zero attached hydrogens (tertiary/aromatic N) is 2. The fraction of sp³-hybridized carbons (Fsp3) is 0.250. The molecular formula is C8H9N3O. The molecule has 62 valence electrons. The zero-order valence-electron chi connectivity index (χ0n) is 6.74. The van der Waals surface area contributed by atoms with Gasteiger partial charge in [-0.2, -0.15) is 0 Å². The van der Waals surface area contributed by atoms with E-state index in [-0.39, 0.29) is 0 Å². The number of rotatable bonds is 2. The first-order chi connectivity index (χ1) is 5.92. The number of hydrogen-bond acceptors (Lipinski definition) is 4. The van der Waals surface area contributed by atoms with Crippen LogP contribution in [0.5, 0.6) is 0 Å². The standard InChI is InChI=1S/C8H9N3O/c1-9-4-7-6-2-3-10-5-8(6)12-11-7/h2-3,5,9H,4H2,1H3. The second-order valence-electron chi connectivity index (χ2n) is 2.53. The van der Waals surface area contributed by atoms with Gasteiger partial charge in [-0.15, -0.1) is 0 Å². The third kappa shape index (κ3) is 1.06. The molecule has 2 rings (SSSR count). The number of aromatic nitrogens is 2. The van der Waals surface area contributed by atoms with Crippen LogP contribution in [0.3, 0.4) is 0 Å². The maximum atomic E-state index is 5.05. The van der Waals surface area contributed by atoms with Crippen LogP contribution in [0.25, 0.3) is 11.0 Å². The Bertz CT molecular complexity index is 382. The van der Waals surface area contributed by atoms with Crippen molar-refractivity contribution in [1.29, 1.82) is 0 Å². The highest BCUT2D eigenvalue weighted by molar-refractivity contribution is 5.77. The van der Waals surface area contributed by atoms with Crippen molar-refractivity contribution in [3.05, 3.63) is 24.2 Å². The Morgan fingerprint density at radius 2 is 2.50 bits per heavy atom. The number of hydrogen-bond donors (Lipinski definition) is 1. The Kier molecular flexibility index (Phi) is 1.75. The van der Waals surface area contributed by atoms with E-state index in [0.29, 0.717) is 0 Å². The van der Waals surface area contributed by atoms with Gasteiger partial charge in [0.2, 0.25) is 0 Å². The highest BCUT2D eigenvalue weighted by atomic mass is 16.5. The second kappa shape index (κ2) is 2.91. The maximum absolute atomic E-state index is 5.05. The van der Waals surface area contributed by atoms with Gasteiger partial charge in [0.1, 0.15) is 5.69 Å². The van der Waals surface area contributed by atoms with Crippen molar-refractivity contribution in [2.24, 2.45) is 0 Å². The topological polar surface area (TPSA) is 51.0 Å². The van der Waals surface area contributed by atoms with Gasteiger partial charge < -0.3 is 9.84 Å². The van der Waals surface area contributed by atoms with E-state index in [1.165, 1.54) is 0 Å². The first-order valence-corrected chi connectivity index (χ1v) is 3.74. The van der Waals surface area contributed by atoms with Gasteiger partial charge in [0, 0.05) is 18.1 Å². The summed E-state index contributed by atoms with van der Waals surface area (Å²) in [6, 6.07) is 1.90. The molecular weight excluding hydrogens is 154 g/mol. The van der Waals surface area contributed by atoms with Gasteiger partial charge in [0.25, 0.3) is 0 Å². The third-order valence-electron chi connectivity index (χ3n) is 1.69. The summed E-state index contributed by atoms with van der Waals surface area (Å²) in [6.07, 6.45) is 3.40. The van der Waals surface area contributed by atoms with E-state index in [1.807, 2.05) is 13.1 Å². The van der Waals surface area contributed by atoms with Crippen LogP contribution in [0, 0.1) is 0 Å². The lowest BCUT2D eigenvalue weighted by molar-refractivity contribution is 0.443. The van der Waals surface area contributed by atoms with Crippen LogP contribution >= 0.6 is 0 Å². The molecule has 1 N–H and O–H groups in total. The first-order valence-electron chi connectivity index (χ1n) is 3.74. The lowest BCUT2D eigenvalue weighted by Gasteiger charge is -1.91. The minimum atomic E-state index is 0.719. The van der Waals surface area contributed by atoms with Crippen molar-refractivity contribution in [1.82, 2.24) is 15.5 Å². The van der Waals surface area contributed by atoms with Crippen LogP contribution in [-0.2, 0) is 6.54 Å². The minimum Gasteiger partial charge on any atom is -0.354 e. The molecule has 2 heterocycles. The number of nitrogens with one attached hydrogen (secondary N) is 1. The Morgan fingerprint density at radius 3 is 3.33 bits per heavy atom. The zero-order chi connectivity index (χ0) is 8.39. The lowest BCUT2D eigenvalue weighted by atomic mass is 10.2. The molecule has 0 saturated heterocycles. The van der Waals surface area contributed by atoms with E-state index in [9.17, 15) is 0 Å². The predicted molar refractivity (Wildman–Crippen MR) is 44.6 cm³/mol. The van der Waals surface area contributed by atoms with Gasteiger partial charge in [-0.3, -0.25) is 4.98 Å². The van der Waals surface area contributed by atoms with Crippen LogP contribution in [0.1, 0.15) is 5.69 Å². The molecule has 0 aliphatic heterocycles. The fourth-order valence-electron chi connectivity index (χ4n) is 1.14. The van der Waals surface area contributed by atoms with Crippen LogP contribution in [0.2, 0.25) is 0 Å². The quantitative estimate of drug-likeness (QED) is 0.715. The minimum absolute atomic E-state index is 0.719. The molecule has 0 aliphatic rings. The van der Waals surface area contributed by atoms with E-state index in [0.717, 1.165) is 23.2 Å². The van der Waals surface area contributed by atoms with Crippen molar-refractivity contribution in [3.8, 4) is 0 Å².